The van der Waals surface area contributed by atoms with Crippen molar-refractivity contribution in [2.45, 2.75) is 117 Å². The monoisotopic (exact) mass is 658 g/mol. The van der Waals surface area contributed by atoms with E-state index in [9.17, 15) is 9.90 Å². The van der Waals surface area contributed by atoms with Crippen molar-refractivity contribution >= 4 is 5.97 Å². The minimum Gasteiger partial charge on any atom is -0.462 e. The number of ether oxygens (including phenoxy) is 1. The van der Waals surface area contributed by atoms with Crippen molar-refractivity contribution in [3.05, 3.63) is 106 Å². The maximum absolute atomic E-state index is 15.8. The summed E-state index contributed by atoms with van der Waals surface area (Å²) in [4.78, 5) is 11.7. The lowest BCUT2D eigenvalue weighted by atomic mass is 9.75. The van der Waals surface area contributed by atoms with Crippen LogP contribution in [0.15, 0.2) is 83.8 Å². The summed E-state index contributed by atoms with van der Waals surface area (Å²) in [6.07, 6.45) is 18.3. The Kier molecular flexibility index (Phi) is 14.9. The molecule has 0 saturated heterocycles. The lowest BCUT2D eigenvalue weighted by molar-refractivity contribution is -0.139. The van der Waals surface area contributed by atoms with Crippen molar-refractivity contribution < 1.29 is 23.4 Å². The molecule has 4 rings (SSSR count). The molecule has 2 aliphatic carbocycles. The zero-order valence-electron chi connectivity index (χ0n) is 29.5. The summed E-state index contributed by atoms with van der Waals surface area (Å²) in [5.74, 6) is -0.357. The Morgan fingerprint density at radius 1 is 0.938 bits per heavy atom. The smallest absolute Gasteiger partial charge is 0.333 e. The average Bonchev–Trinajstić information content (AvgIpc) is 3.29. The molecule has 0 bridgehead atoms. The summed E-state index contributed by atoms with van der Waals surface area (Å²) < 4.78 is 36.6. The van der Waals surface area contributed by atoms with Gasteiger partial charge in [-0.3, -0.25) is 0 Å². The summed E-state index contributed by atoms with van der Waals surface area (Å²) in [5.41, 5.74) is 7.71. The quantitative estimate of drug-likeness (QED) is 0.105. The molecule has 2 aromatic carbocycles. The zero-order valence-corrected chi connectivity index (χ0v) is 29.5. The Labute approximate surface area is 287 Å². The molecule has 0 aromatic heterocycles. The van der Waals surface area contributed by atoms with E-state index in [4.69, 9.17) is 4.74 Å². The number of aliphatic hydroxyl groups is 1. The molecule has 2 aromatic rings. The molecule has 0 heterocycles. The van der Waals surface area contributed by atoms with Gasteiger partial charge in [0.25, 0.3) is 0 Å². The highest BCUT2D eigenvalue weighted by molar-refractivity contribution is 5.86. The Balaban J connectivity index is 1.39. The van der Waals surface area contributed by atoms with Crippen molar-refractivity contribution in [2.24, 2.45) is 11.8 Å². The first-order valence-electron chi connectivity index (χ1n) is 18.4. The Morgan fingerprint density at radius 3 is 2.33 bits per heavy atom. The number of aryl methyl sites for hydroxylation is 2. The van der Waals surface area contributed by atoms with Crippen molar-refractivity contribution in [1.29, 1.82) is 0 Å². The molecule has 1 fully saturated rings. The van der Waals surface area contributed by atoms with Gasteiger partial charge in [0.2, 0.25) is 0 Å². The highest BCUT2D eigenvalue weighted by Gasteiger charge is 2.28. The first kappa shape index (κ1) is 37.5. The van der Waals surface area contributed by atoms with E-state index >= 15 is 8.78 Å². The van der Waals surface area contributed by atoms with Crippen LogP contribution in [-0.4, -0.2) is 24.3 Å². The van der Waals surface area contributed by atoms with Gasteiger partial charge in [0, 0.05) is 12.2 Å². The molecule has 0 amide bonds. The second-order valence-corrected chi connectivity index (χ2v) is 13.8. The Morgan fingerprint density at radius 2 is 1.65 bits per heavy atom. The maximum Gasteiger partial charge on any atom is 0.333 e. The molecule has 3 nitrogen and oxygen atoms in total. The molecule has 1 unspecified atom stereocenters. The summed E-state index contributed by atoms with van der Waals surface area (Å²) in [6.45, 7) is 9.97. The number of halogens is 2. The van der Waals surface area contributed by atoms with Gasteiger partial charge in [0.1, 0.15) is 11.6 Å². The van der Waals surface area contributed by atoms with Gasteiger partial charge in [0.15, 0.2) is 0 Å². The number of aliphatic hydroxyl groups excluding tert-OH is 1. The Hall–Kier alpha value is -3.31. The van der Waals surface area contributed by atoms with Gasteiger partial charge in [0.05, 0.1) is 6.61 Å². The molecule has 1 saturated carbocycles. The lowest BCUT2D eigenvalue weighted by Crippen LogP contribution is -2.16. The SMILES string of the molecule is C=C(C)C(=O)OCCCC(CCCO)C1=C(F)C=C(C2CCC(c3ccc(-c4ccc(CCCCC)c(CC)c4)cc3F)CC2)CC=C1. The zero-order chi connectivity index (χ0) is 34.5. The van der Waals surface area contributed by atoms with Crippen LogP contribution < -0.4 is 0 Å². The minimum absolute atomic E-state index is 0.0550. The van der Waals surface area contributed by atoms with Gasteiger partial charge in [-0.05, 0) is 147 Å². The van der Waals surface area contributed by atoms with Crippen LogP contribution in [0.5, 0.6) is 0 Å². The van der Waals surface area contributed by atoms with E-state index in [0.29, 0.717) is 43.3 Å². The van der Waals surface area contributed by atoms with Gasteiger partial charge in [-0.25, -0.2) is 13.6 Å². The molecule has 0 aliphatic heterocycles. The number of unbranched alkanes of at least 4 members (excludes halogenated alkanes) is 2. The van der Waals surface area contributed by atoms with E-state index < -0.39 is 5.97 Å². The van der Waals surface area contributed by atoms with Crippen LogP contribution in [-0.2, 0) is 22.4 Å². The fraction of sp³-hybridized carbons (Fsp3) is 0.512. The van der Waals surface area contributed by atoms with Crippen molar-refractivity contribution in [1.82, 2.24) is 0 Å². The summed E-state index contributed by atoms with van der Waals surface area (Å²) in [6, 6.07) is 12.4. The first-order valence-corrected chi connectivity index (χ1v) is 18.4. The molecular formula is C43H56F2O3. The minimum atomic E-state index is -0.409. The molecule has 1 atom stereocenters. The number of carbonyl (C=O) groups excluding carboxylic acids is 1. The third-order valence-corrected chi connectivity index (χ3v) is 10.3. The van der Waals surface area contributed by atoms with E-state index in [1.165, 1.54) is 30.4 Å². The number of allylic oxidation sites excluding steroid dienone is 6. The lowest BCUT2D eigenvalue weighted by Gasteiger charge is -2.30. The van der Waals surface area contributed by atoms with Crippen LogP contribution in [0.3, 0.4) is 0 Å². The fourth-order valence-electron chi connectivity index (χ4n) is 7.49. The topological polar surface area (TPSA) is 46.5 Å². The van der Waals surface area contributed by atoms with Gasteiger partial charge < -0.3 is 9.84 Å². The van der Waals surface area contributed by atoms with E-state index in [0.717, 1.165) is 60.8 Å². The highest BCUT2D eigenvalue weighted by atomic mass is 19.1. The predicted molar refractivity (Wildman–Crippen MR) is 194 cm³/mol. The standard InChI is InChI=1S/C43H56F2O3/c1-5-7-8-12-32-19-22-37(27-31(32)6-2)38-23-24-40(42(45)29-38)35-20-17-33(18-21-35)36-13-9-16-39(41(44)28-36)34(14-10-25-46)15-11-26-48-43(47)30(3)4/h9,16,19,22-24,27-29,33-35,46H,3,5-8,10-15,17-18,20-21,25-26H2,1-2,4H3. The number of carbonyl (C=O) groups is 1. The van der Waals surface area contributed by atoms with Crippen LogP contribution in [0.1, 0.15) is 120 Å². The number of hydrogen-bond acceptors (Lipinski definition) is 3. The van der Waals surface area contributed by atoms with Gasteiger partial charge in [-0.2, -0.15) is 0 Å². The molecule has 2 aliphatic rings. The number of hydrogen-bond donors (Lipinski definition) is 1. The molecule has 0 radical (unpaired) electrons. The maximum atomic E-state index is 15.8. The third-order valence-electron chi connectivity index (χ3n) is 10.3. The largest absolute Gasteiger partial charge is 0.462 e. The molecule has 260 valence electrons. The first-order chi connectivity index (χ1) is 23.2. The number of rotatable bonds is 17. The van der Waals surface area contributed by atoms with Crippen LogP contribution in [0.2, 0.25) is 0 Å². The average molecular weight is 659 g/mol. The molecule has 0 spiro atoms. The normalized spacial score (nSPS) is 18.8. The molecule has 1 N–H and O–H groups in total. The molecular weight excluding hydrogens is 602 g/mol. The van der Waals surface area contributed by atoms with Gasteiger partial charge in [-0.15, -0.1) is 0 Å². The second-order valence-electron chi connectivity index (χ2n) is 13.8. The van der Waals surface area contributed by atoms with Gasteiger partial charge in [-0.1, -0.05) is 81.3 Å². The van der Waals surface area contributed by atoms with E-state index in [1.54, 1.807) is 19.1 Å². The van der Waals surface area contributed by atoms with Crippen molar-refractivity contribution in [3.63, 3.8) is 0 Å². The number of esters is 1. The van der Waals surface area contributed by atoms with Crippen molar-refractivity contribution in [2.75, 3.05) is 13.2 Å². The number of benzene rings is 2. The van der Waals surface area contributed by atoms with Crippen LogP contribution in [0.4, 0.5) is 8.78 Å². The Bertz CT molecular complexity index is 1470. The van der Waals surface area contributed by atoms with Gasteiger partial charge >= 0.3 is 5.97 Å². The third kappa shape index (κ3) is 10.3. The summed E-state index contributed by atoms with van der Waals surface area (Å²) >= 11 is 0. The predicted octanol–water partition coefficient (Wildman–Crippen LogP) is 11.5. The molecule has 48 heavy (non-hydrogen) atoms. The summed E-state index contributed by atoms with van der Waals surface area (Å²) in [5, 5.41) is 9.46. The highest BCUT2D eigenvalue weighted by Crippen LogP contribution is 2.42. The van der Waals surface area contributed by atoms with Crippen LogP contribution >= 0.6 is 0 Å². The van der Waals surface area contributed by atoms with E-state index in [1.807, 2.05) is 12.1 Å². The van der Waals surface area contributed by atoms with Crippen LogP contribution in [0.25, 0.3) is 11.1 Å². The molecule has 5 heteroatoms. The van der Waals surface area contributed by atoms with E-state index in [2.05, 4.69) is 50.8 Å². The van der Waals surface area contributed by atoms with Crippen molar-refractivity contribution in [3.8, 4) is 11.1 Å². The summed E-state index contributed by atoms with van der Waals surface area (Å²) in [7, 11) is 0. The fourth-order valence-corrected chi connectivity index (χ4v) is 7.49. The van der Waals surface area contributed by atoms with E-state index in [-0.39, 0.29) is 42.6 Å². The second kappa shape index (κ2) is 19.0. The van der Waals surface area contributed by atoms with Crippen LogP contribution in [0, 0.1) is 17.7 Å².